The summed E-state index contributed by atoms with van der Waals surface area (Å²) >= 11 is 0. The van der Waals surface area contributed by atoms with Crippen molar-refractivity contribution >= 4 is 17.8 Å². The SMILES string of the molecule is O=C(OCN1C(=O)c2ccccc2C1=O)c1cccc(F)c1. The van der Waals surface area contributed by atoms with Crippen molar-refractivity contribution in [2.24, 2.45) is 0 Å². The normalized spacial score (nSPS) is 13.2. The Bertz CT molecular complexity index is 752. The van der Waals surface area contributed by atoms with Crippen LogP contribution < -0.4 is 0 Å². The summed E-state index contributed by atoms with van der Waals surface area (Å²) < 4.78 is 18.0. The summed E-state index contributed by atoms with van der Waals surface area (Å²) in [7, 11) is 0. The predicted molar refractivity (Wildman–Crippen MR) is 73.6 cm³/mol. The standard InChI is InChI=1S/C16H10FNO4/c17-11-5-3-4-10(8-11)16(21)22-9-18-14(19)12-6-1-2-7-13(12)15(18)20/h1-8H,9H2. The lowest BCUT2D eigenvalue weighted by Gasteiger charge is -2.13. The van der Waals surface area contributed by atoms with Gasteiger partial charge in [-0.3, -0.25) is 9.59 Å². The zero-order chi connectivity index (χ0) is 15.7. The first-order chi connectivity index (χ1) is 10.6. The largest absolute Gasteiger partial charge is 0.440 e. The van der Waals surface area contributed by atoms with Gasteiger partial charge in [0.15, 0.2) is 6.73 Å². The number of ether oxygens (including phenoxy) is 1. The van der Waals surface area contributed by atoms with Gasteiger partial charge in [-0.15, -0.1) is 0 Å². The maximum absolute atomic E-state index is 13.0. The van der Waals surface area contributed by atoms with Crippen LogP contribution in [0.5, 0.6) is 0 Å². The summed E-state index contributed by atoms with van der Waals surface area (Å²) in [5.74, 6) is -2.42. The Kier molecular flexibility index (Phi) is 3.42. The highest BCUT2D eigenvalue weighted by Crippen LogP contribution is 2.22. The molecule has 5 nitrogen and oxygen atoms in total. The fourth-order valence-electron chi connectivity index (χ4n) is 2.18. The molecule has 0 atom stereocenters. The van der Waals surface area contributed by atoms with E-state index in [-0.39, 0.29) is 16.7 Å². The summed E-state index contributed by atoms with van der Waals surface area (Å²) in [6, 6.07) is 11.3. The third-order valence-electron chi connectivity index (χ3n) is 3.26. The molecule has 0 spiro atoms. The second kappa shape index (κ2) is 5.40. The second-order valence-electron chi connectivity index (χ2n) is 4.66. The number of esters is 1. The highest BCUT2D eigenvalue weighted by molar-refractivity contribution is 6.21. The zero-order valence-corrected chi connectivity index (χ0v) is 11.3. The Morgan fingerprint density at radius 3 is 2.23 bits per heavy atom. The van der Waals surface area contributed by atoms with Gasteiger partial charge in [-0.1, -0.05) is 18.2 Å². The van der Waals surface area contributed by atoms with Crippen LogP contribution in [0, 0.1) is 5.82 Å². The molecular formula is C16H10FNO4. The number of imide groups is 1. The molecule has 6 heteroatoms. The second-order valence-corrected chi connectivity index (χ2v) is 4.66. The number of fused-ring (bicyclic) bond motifs is 1. The molecular weight excluding hydrogens is 289 g/mol. The Morgan fingerprint density at radius 2 is 1.64 bits per heavy atom. The lowest BCUT2D eigenvalue weighted by molar-refractivity contribution is 0.0227. The average Bonchev–Trinajstić information content (AvgIpc) is 2.77. The van der Waals surface area contributed by atoms with Crippen LogP contribution in [0.4, 0.5) is 4.39 Å². The van der Waals surface area contributed by atoms with E-state index < -0.39 is 30.3 Å². The van der Waals surface area contributed by atoms with Crippen molar-refractivity contribution < 1.29 is 23.5 Å². The smallest absolute Gasteiger partial charge is 0.339 e. The minimum Gasteiger partial charge on any atom is -0.440 e. The van der Waals surface area contributed by atoms with Gasteiger partial charge in [-0.05, 0) is 30.3 Å². The third kappa shape index (κ3) is 2.35. The van der Waals surface area contributed by atoms with Crippen LogP contribution in [0.3, 0.4) is 0 Å². The number of benzene rings is 2. The van der Waals surface area contributed by atoms with E-state index in [1.165, 1.54) is 30.3 Å². The van der Waals surface area contributed by atoms with Crippen molar-refractivity contribution in [3.63, 3.8) is 0 Å². The molecule has 0 bridgehead atoms. The number of amides is 2. The number of nitrogens with zero attached hydrogens (tertiary/aromatic N) is 1. The van der Waals surface area contributed by atoms with Gasteiger partial charge in [0.1, 0.15) is 5.82 Å². The van der Waals surface area contributed by atoms with Crippen LogP contribution in [0.2, 0.25) is 0 Å². The van der Waals surface area contributed by atoms with Gasteiger partial charge in [0.2, 0.25) is 0 Å². The van der Waals surface area contributed by atoms with Crippen LogP contribution in [0.25, 0.3) is 0 Å². The Hall–Kier alpha value is -3.02. The molecule has 110 valence electrons. The van der Waals surface area contributed by atoms with Crippen molar-refractivity contribution in [1.29, 1.82) is 0 Å². The minimum absolute atomic E-state index is 0.0107. The van der Waals surface area contributed by atoms with E-state index in [2.05, 4.69) is 0 Å². The zero-order valence-electron chi connectivity index (χ0n) is 11.3. The Labute approximate surface area is 124 Å². The molecule has 0 saturated carbocycles. The first kappa shape index (κ1) is 13.9. The monoisotopic (exact) mass is 299 g/mol. The molecule has 2 aromatic carbocycles. The molecule has 0 radical (unpaired) electrons. The quantitative estimate of drug-likeness (QED) is 0.644. The lowest BCUT2D eigenvalue weighted by Crippen LogP contribution is -2.33. The maximum atomic E-state index is 13.0. The fourth-order valence-corrected chi connectivity index (χ4v) is 2.18. The number of carbonyl (C=O) groups is 3. The molecule has 1 heterocycles. The molecule has 1 aliphatic heterocycles. The number of halogens is 1. The van der Waals surface area contributed by atoms with E-state index in [1.54, 1.807) is 12.1 Å². The van der Waals surface area contributed by atoms with Crippen LogP contribution in [-0.2, 0) is 4.74 Å². The van der Waals surface area contributed by atoms with Crippen LogP contribution in [0.1, 0.15) is 31.1 Å². The van der Waals surface area contributed by atoms with Crippen molar-refractivity contribution in [3.8, 4) is 0 Å². The van der Waals surface area contributed by atoms with E-state index in [0.29, 0.717) is 0 Å². The number of hydrogen-bond donors (Lipinski definition) is 0. The van der Waals surface area contributed by atoms with Gasteiger partial charge in [-0.2, -0.15) is 0 Å². The van der Waals surface area contributed by atoms with Crippen LogP contribution in [0.15, 0.2) is 48.5 Å². The molecule has 0 N–H and O–H groups in total. The highest BCUT2D eigenvalue weighted by Gasteiger charge is 2.35. The van der Waals surface area contributed by atoms with Crippen molar-refractivity contribution in [1.82, 2.24) is 4.90 Å². The van der Waals surface area contributed by atoms with Gasteiger partial charge < -0.3 is 4.74 Å². The molecule has 0 fully saturated rings. The van der Waals surface area contributed by atoms with Gasteiger partial charge in [-0.25, -0.2) is 14.1 Å². The molecule has 22 heavy (non-hydrogen) atoms. The molecule has 0 saturated heterocycles. The number of hydrogen-bond acceptors (Lipinski definition) is 4. The predicted octanol–water partition coefficient (Wildman–Crippen LogP) is 2.24. The van der Waals surface area contributed by atoms with E-state index in [0.717, 1.165) is 11.0 Å². The number of rotatable bonds is 3. The lowest BCUT2D eigenvalue weighted by atomic mass is 10.1. The molecule has 3 rings (SSSR count). The van der Waals surface area contributed by atoms with Crippen molar-refractivity contribution in [2.45, 2.75) is 0 Å². The Balaban J connectivity index is 1.72. The molecule has 0 aliphatic carbocycles. The van der Waals surface area contributed by atoms with E-state index >= 15 is 0 Å². The summed E-state index contributed by atoms with van der Waals surface area (Å²) in [6.45, 7) is -0.512. The molecule has 1 aliphatic rings. The van der Waals surface area contributed by atoms with Crippen LogP contribution in [-0.4, -0.2) is 29.4 Å². The van der Waals surface area contributed by atoms with E-state index in [1.807, 2.05) is 0 Å². The summed E-state index contributed by atoms with van der Waals surface area (Å²) in [5, 5.41) is 0. The first-order valence-corrected chi connectivity index (χ1v) is 6.46. The van der Waals surface area contributed by atoms with Crippen molar-refractivity contribution in [2.75, 3.05) is 6.73 Å². The third-order valence-corrected chi connectivity index (χ3v) is 3.26. The van der Waals surface area contributed by atoms with Gasteiger partial charge in [0, 0.05) is 0 Å². The van der Waals surface area contributed by atoms with Crippen LogP contribution >= 0.6 is 0 Å². The molecule has 0 aromatic heterocycles. The summed E-state index contributed by atoms with van der Waals surface area (Å²) in [4.78, 5) is 36.8. The first-order valence-electron chi connectivity index (χ1n) is 6.46. The highest BCUT2D eigenvalue weighted by atomic mass is 19.1. The molecule has 2 amide bonds. The Morgan fingerprint density at radius 1 is 1.00 bits per heavy atom. The summed E-state index contributed by atoms with van der Waals surface area (Å²) in [5.41, 5.74) is 0.556. The van der Waals surface area contributed by atoms with Gasteiger partial charge >= 0.3 is 5.97 Å². The van der Waals surface area contributed by atoms with E-state index in [9.17, 15) is 18.8 Å². The summed E-state index contributed by atoms with van der Waals surface area (Å²) in [6.07, 6.45) is 0. The topological polar surface area (TPSA) is 63.7 Å². The minimum atomic E-state index is -0.809. The van der Waals surface area contributed by atoms with Gasteiger partial charge in [0.25, 0.3) is 11.8 Å². The van der Waals surface area contributed by atoms with Gasteiger partial charge in [0.05, 0.1) is 16.7 Å². The molecule has 2 aromatic rings. The van der Waals surface area contributed by atoms with E-state index in [4.69, 9.17) is 4.74 Å². The van der Waals surface area contributed by atoms with Crippen molar-refractivity contribution in [3.05, 3.63) is 71.0 Å². The fraction of sp³-hybridized carbons (Fsp3) is 0.0625. The maximum Gasteiger partial charge on any atom is 0.339 e. The molecule has 0 unspecified atom stereocenters. The number of carbonyl (C=O) groups excluding carboxylic acids is 3. The average molecular weight is 299 g/mol.